The molecule has 0 aliphatic heterocycles. The van der Waals surface area contributed by atoms with Crippen molar-refractivity contribution in [2.45, 2.75) is 26.4 Å². The largest absolute Gasteiger partial charge is 0.314 e. The van der Waals surface area contributed by atoms with Gasteiger partial charge in [0.2, 0.25) is 0 Å². The van der Waals surface area contributed by atoms with Crippen LogP contribution in [0.4, 0.5) is 0 Å². The van der Waals surface area contributed by atoms with Crippen LogP contribution in [0.2, 0.25) is 0 Å². The number of aromatic nitrogens is 1. The van der Waals surface area contributed by atoms with Crippen LogP contribution in [0.5, 0.6) is 0 Å². The van der Waals surface area contributed by atoms with Gasteiger partial charge in [-0.15, -0.1) is 0 Å². The molecule has 100 valence electrons. The molecule has 1 atom stereocenters. The highest BCUT2D eigenvalue weighted by molar-refractivity contribution is 5.24. The van der Waals surface area contributed by atoms with E-state index >= 15 is 0 Å². The Morgan fingerprint density at radius 3 is 2.37 bits per heavy atom. The second kappa shape index (κ2) is 5.85. The molecule has 2 rings (SSSR count). The maximum Gasteiger partial charge on any atom is 0.250 e. The normalized spacial score (nSPS) is 12.4. The third kappa shape index (κ3) is 3.32. The molecule has 0 fully saturated rings. The summed E-state index contributed by atoms with van der Waals surface area (Å²) in [5, 5.41) is 3.27. The van der Waals surface area contributed by atoms with E-state index in [0.717, 1.165) is 5.56 Å². The quantitative estimate of drug-likeness (QED) is 0.911. The van der Waals surface area contributed by atoms with E-state index in [1.807, 2.05) is 26.2 Å². The fourth-order valence-corrected chi connectivity index (χ4v) is 2.12. The molecule has 0 aliphatic rings. The zero-order valence-corrected chi connectivity index (χ0v) is 11.7. The Morgan fingerprint density at radius 1 is 1.11 bits per heavy atom. The van der Waals surface area contributed by atoms with Crippen LogP contribution in [0.1, 0.15) is 22.7 Å². The number of rotatable bonds is 4. The van der Waals surface area contributed by atoms with Crippen molar-refractivity contribution < 1.29 is 0 Å². The van der Waals surface area contributed by atoms with Gasteiger partial charge in [-0.3, -0.25) is 4.79 Å². The average Bonchev–Trinajstić information content (AvgIpc) is 2.39. The van der Waals surface area contributed by atoms with Crippen molar-refractivity contribution in [1.82, 2.24) is 9.88 Å². The average molecular weight is 256 g/mol. The van der Waals surface area contributed by atoms with Gasteiger partial charge < -0.3 is 9.88 Å². The Labute approximate surface area is 113 Å². The molecule has 1 N–H and O–H groups in total. The van der Waals surface area contributed by atoms with Gasteiger partial charge >= 0.3 is 0 Å². The van der Waals surface area contributed by atoms with Gasteiger partial charge in [0.25, 0.3) is 5.56 Å². The fourth-order valence-electron chi connectivity index (χ4n) is 2.12. The lowest BCUT2D eigenvalue weighted by Crippen LogP contribution is -2.28. The molecular formula is C16H20N2O. The Kier molecular flexibility index (Phi) is 4.17. The van der Waals surface area contributed by atoms with E-state index in [4.69, 9.17) is 0 Å². The van der Waals surface area contributed by atoms with E-state index < -0.39 is 0 Å². The molecule has 19 heavy (non-hydrogen) atoms. The van der Waals surface area contributed by atoms with Crippen molar-refractivity contribution in [3.05, 3.63) is 69.6 Å². The molecule has 0 saturated carbocycles. The second-order valence-corrected chi connectivity index (χ2v) is 4.95. The summed E-state index contributed by atoms with van der Waals surface area (Å²) in [6.45, 7) is 4.64. The van der Waals surface area contributed by atoms with Crippen molar-refractivity contribution in [3.63, 3.8) is 0 Å². The van der Waals surface area contributed by atoms with Crippen molar-refractivity contribution in [1.29, 1.82) is 0 Å². The minimum atomic E-state index is 0.0485. The van der Waals surface area contributed by atoms with Gasteiger partial charge in [-0.05, 0) is 38.1 Å². The Bertz CT molecular complexity index is 599. The topological polar surface area (TPSA) is 34.0 Å². The zero-order valence-electron chi connectivity index (χ0n) is 11.7. The van der Waals surface area contributed by atoms with Gasteiger partial charge in [-0.2, -0.15) is 0 Å². The Morgan fingerprint density at radius 2 is 1.79 bits per heavy atom. The lowest BCUT2D eigenvalue weighted by Gasteiger charge is -2.18. The van der Waals surface area contributed by atoms with Crippen LogP contribution in [0.25, 0.3) is 0 Å². The molecule has 1 unspecified atom stereocenters. The van der Waals surface area contributed by atoms with E-state index in [9.17, 15) is 4.79 Å². The summed E-state index contributed by atoms with van der Waals surface area (Å²) >= 11 is 0. The maximum atomic E-state index is 11.9. The lowest BCUT2D eigenvalue weighted by atomic mass is 10.1. The van der Waals surface area contributed by atoms with Gasteiger partial charge in [0.1, 0.15) is 0 Å². The highest BCUT2D eigenvalue weighted by Crippen LogP contribution is 2.15. The number of likely N-dealkylation sites (N-methyl/N-ethyl adjacent to an activating group) is 1. The molecule has 1 aromatic heterocycles. The number of nitrogens with zero attached hydrogens (tertiary/aromatic N) is 1. The third-order valence-corrected chi connectivity index (χ3v) is 3.36. The van der Waals surface area contributed by atoms with Crippen molar-refractivity contribution in [2.24, 2.45) is 0 Å². The molecule has 3 heteroatoms. The van der Waals surface area contributed by atoms with Crippen LogP contribution in [-0.2, 0) is 6.54 Å². The number of nitrogens with one attached hydrogen (secondary N) is 1. The summed E-state index contributed by atoms with van der Waals surface area (Å²) in [7, 11) is 1.92. The van der Waals surface area contributed by atoms with Crippen molar-refractivity contribution in [2.75, 3.05) is 7.05 Å². The summed E-state index contributed by atoms with van der Waals surface area (Å²) in [6.07, 6.45) is 1.86. The first-order valence-corrected chi connectivity index (χ1v) is 6.51. The first-order valence-electron chi connectivity index (χ1n) is 6.51. The summed E-state index contributed by atoms with van der Waals surface area (Å²) in [4.78, 5) is 11.9. The maximum absolute atomic E-state index is 11.9. The molecule has 0 radical (unpaired) electrons. The van der Waals surface area contributed by atoms with Crippen LogP contribution >= 0.6 is 0 Å². The molecule has 0 spiro atoms. The van der Waals surface area contributed by atoms with Gasteiger partial charge in [0, 0.05) is 18.8 Å². The number of pyridine rings is 1. The zero-order chi connectivity index (χ0) is 13.8. The van der Waals surface area contributed by atoms with Crippen molar-refractivity contribution >= 4 is 0 Å². The van der Waals surface area contributed by atoms with E-state index in [-0.39, 0.29) is 11.6 Å². The highest BCUT2D eigenvalue weighted by atomic mass is 16.1. The van der Waals surface area contributed by atoms with Crippen LogP contribution in [0.15, 0.2) is 47.4 Å². The minimum Gasteiger partial charge on any atom is -0.314 e. The number of benzene rings is 1. The SMILES string of the molecule is CNC(Cn1ccc(C)cc1=O)c1ccc(C)cc1. The first kappa shape index (κ1) is 13.6. The summed E-state index contributed by atoms with van der Waals surface area (Å²) in [5.41, 5.74) is 3.48. The fraction of sp³-hybridized carbons (Fsp3) is 0.312. The van der Waals surface area contributed by atoms with Crippen LogP contribution in [0, 0.1) is 13.8 Å². The number of hydrogen-bond acceptors (Lipinski definition) is 2. The molecule has 0 bridgehead atoms. The summed E-state index contributed by atoms with van der Waals surface area (Å²) < 4.78 is 1.74. The van der Waals surface area contributed by atoms with Crippen LogP contribution in [-0.4, -0.2) is 11.6 Å². The first-order chi connectivity index (χ1) is 9.10. The van der Waals surface area contributed by atoms with Gasteiger partial charge in [-0.25, -0.2) is 0 Å². The van der Waals surface area contributed by atoms with Crippen LogP contribution in [0.3, 0.4) is 0 Å². The molecule has 0 aliphatic carbocycles. The molecule has 2 aromatic rings. The number of hydrogen-bond donors (Lipinski definition) is 1. The highest BCUT2D eigenvalue weighted by Gasteiger charge is 2.10. The number of aryl methyl sites for hydroxylation is 2. The van der Waals surface area contributed by atoms with Gasteiger partial charge in [0.15, 0.2) is 0 Å². The van der Waals surface area contributed by atoms with E-state index in [1.54, 1.807) is 10.6 Å². The van der Waals surface area contributed by atoms with E-state index in [2.05, 4.69) is 36.5 Å². The third-order valence-electron chi connectivity index (χ3n) is 3.36. The Hall–Kier alpha value is -1.87. The van der Waals surface area contributed by atoms with Crippen LogP contribution < -0.4 is 10.9 Å². The molecule has 3 nitrogen and oxygen atoms in total. The molecular weight excluding hydrogens is 236 g/mol. The predicted octanol–water partition coefficient (Wildman–Crippen LogP) is 2.43. The smallest absolute Gasteiger partial charge is 0.250 e. The van der Waals surface area contributed by atoms with E-state index in [1.165, 1.54) is 11.1 Å². The van der Waals surface area contributed by atoms with E-state index in [0.29, 0.717) is 6.54 Å². The Balaban J connectivity index is 2.24. The lowest BCUT2D eigenvalue weighted by molar-refractivity contribution is 0.490. The predicted molar refractivity (Wildman–Crippen MR) is 78.4 cm³/mol. The monoisotopic (exact) mass is 256 g/mol. The van der Waals surface area contributed by atoms with Gasteiger partial charge in [0.05, 0.1) is 6.04 Å². The second-order valence-electron chi connectivity index (χ2n) is 4.95. The summed E-state index contributed by atoms with van der Waals surface area (Å²) in [6, 6.07) is 12.2. The standard InChI is InChI=1S/C16H20N2O/c1-12-4-6-14(7-5-12)15(17-3)11-18-9-8-13(2)10-16(18)19/h4-10,15,17H,11H2,1-3H3. The summed E-state index contributed by atoms with van der Waals surface area (Å²) in [5.74, 6) is 0. The molecule has 1 heterocycles. The minimum absolute atomic E-state index is 0.0485. The van der Waals surface area contributed by atoms with Gasteiger partial charge in [-0.1, -0.05) is 29.8 Å². The molecule has 0 saturated heterocycles. The molecule has 1 aromatic carbocycles. The molecule has 0 amide bonds. The van der Waals surface area contributed by atoms with Crippen molar-refractivity contribution in [3.8, 4) is 0 Å².